The van der Waals surface area contributed by atoms with Crippen LogP contribution in [-0.2, 0) is 0 Å². The smallest absolute Gasteiger partial charge is 0.125 e. The first-order valence-corrected chi connectivity index (χ1v) is 7.06. The summed E-state index contributed by atoms with van der Waals surface area (Å²) in [5.74, 6) is 1.15. The second kappa shape index (κ2) is 7.51. The Kier molecular flexibility index (Phi) is 6.32. The molecule has 1 aromatic carbocycles. The molecule has 0 heterocycles. The zero-order chi connectivity index (χ0) is 14.4. The van der Waals surface area contributed by atoms with Crippen molar-refractivity contribution in [3.8, 4) is 5.75 Å². The van der Waals surface area contributed by atoms with Crippen LogP contribution in [0.2, 0.25) is 0 Å². The minimum Gasteiger partial charge on any atom is -0.493 e. The van der Waals surface area contributed by atoms with E-state index in [1.54, 1.807) is 0 Å². The molecule has 2 atom stereocenters. The van der Waals surface area contributed by atoms with Gasteiger partial charge in [-0.1, -0.05) is 24.6 Å². The monoisotopic (exact) mass is 266 g/mol. The van der Waals surface area contributed by atoms with Crippen molar-refractivity contribution in [3.05, 3.63) is 28.8 Å². The van der Waals surface area contributed by atoms with Gasteiger partial charge in [0.25, 0.3) is 0 Å². The normalized spacial score (nSPS) is 14.2. The Morgan fingerprint density at radius 1 is 1.21 bits per heavy atom. The van der Waals surface area contributed by atoms with E-state index in [0.717, 1.165) is 23.3 Å². The fraction of sp³-hybridized carbons (Fsp3) is 0.625. The summed E-state index contributed by atoms with van der Waals surface area (Å²) in [6, 6.07) is 4.25. The van der Waals surface area contributed by atoms with Crippen LogP contribution in [0.5, 0.6) is 5.75 Å². The molecule has 1 aromatic rings. The lowest BCUT2D eigenvalue weighted by atomic mass is 9.88. The Labute approximate surface area is 116 Å². The van der Waals surface area contributed by atoms with Crippen molar-refractivity contribution < 1.29 is 14.9 Å². The van der Waals surface area contributed by atoms with Gasteiger partial charge in [-0.2, -0.15) is 0 Å². The van der Waals surface area contributed by atoms with Gasteiger partial charge in [0.2, 0.25) is 0 Å². The fourth-order valence-electron chi connectivity index (χ4n) is 2.55. The highest BCUT2D eigenvalue weighted by atomic mass is 16.5. The molecule has 0 aliphatic heterocycles. The van der Waals surface area contributed by atoms with Crippen LogP contribution in [-0.4, -0.2) is 29.5 Å². The van der Waals surface area contributed by atoms with E-state index in [4.69, 9.17) is 9.84 Å². The summed E-state index contributed by atoms with van der Waals surface area (Å²) in [6.45, 7) is 8.65. The quantitative estimate of drug-likeness (QED) is 0.797. The summed E-state index contributed by atoms with van der Waals surface area (Å²) in [6.07, 6.45) is 0.816. The molecule has 0 fully saturated rings. The SMILES string of the molecule is CCOc1c(C)cc(C)cc1C(CC)CC(O)CO. The number of aliphatic hydroxyl groups is 2. The summed E-state index contributed by atoms with van der Waals surface area (Å²) in [5, 5.41) is 18.7. The highest BCUT2D eigenvalue weighted by Gasteiger charge is 2.20. The predicted octanol–water partition coefficient (Wildman–Crippen LogP) is 2.94. The molecular weight excluding hydrogens is 240 g/mol. The summed E-state index contributed by atoms with van der Waals surface area (Å²) in [7, 11) is 0. The van der Waals surface area contributed by atoms with Gasteiger partial charge in [-0.15, -0.1) is 0 Å². The second-order valence-corrected chi connectivity index (χ2v) is 5.11. The van der Waals surface area contributed by atoms with E-state index in [1.165, 1.54) is 5.56 Å². The van der Waals surface area contributed by atoms with Crippen LogP contribution in [0.3, 0.4) is 0 Å². The van der Waals surface area contributed by atoms with Crippen molar-refractivity contribution in [1.29, 1.82) is 0 Å². The molecule has 2 unspecified atom stereocenters. The van der Waals surface area contributed by atoms with E-state index in [2.05, 4.69) is 32.9 Å². The topological polar surface area (TPSA) is 49.7 Å². The van der Waals surface area contributed by atoms with Crippen molar-refractivity contribution in [2.45, 2.75) is 52.6 Å². The molecule has 0 saturated carbocycles. The number of rotatable bonds is 7. The number of hydrogen-bond donors (Lipinski definition) is 2. The largest absolute Gasteiger partial charge is 0.493 e. The van der Waals surface area contributed by atoms with Gasteiger partial charge < -0.3 is 14.9 Å². The lowest BCUT2D eigenvalue weighted by Gasteiger charge is -2.23. The molecule has 0 aromatic heterocycles. The molecule has 1 rings (SSSR count). The first kappa shape index (κ1) is 16.0. The van der Waals surface area contributed by atoms with E-state index in [0.29, 0.717) is 13.0 Å². The molecule has 0 bridgehead atoms. The maximum atomic E-state index is 9.69. The van der Waals surface area contributed by atoms with Gasteiger partial charge in [0.05, 0.1) is 19.3 Å². The molecule has 0 aliphatic carbocycles. The standard InChI is InChI=1S/C16H26O3/c1-5-13(9-14(18)10-17)15-8-11(3)7-12(4)16(15)19-6-2/h7-8,13-14,17-18H,5-6,9-10H2,1-4H3. The molecule has 0 radical (unpaired) electrons. The maximum Gasteiger partial charge on any atom is 0.125 e. The molecule has 3 nitrogen and oxygen atoms in total. The third kappa shape index (κ3) is 4.22. The van der Waals surface area contributed by atoms with Gasteiger partial charge in [0.1, 0.15) is 5.75 Å². The number of hydrogen-bond acceptors (Lipinski definition) is 3. The molecule has 108 valence electrons. The first-order chi connectivity index (χ1) is 9.03. The third-order valence-electron chi connectivity index (χ3n) is 3.44. The number of aryl methyl sites for hydroxylation is 2. The van der Waals surface area contributed by atoms with E-state index < -0.39 is 6.10 Å². The van der Waals surface area contributed by atoms with Crippen LogP contribution >= 0.6 is 0 Å². The Bertz CT molecular complexity index is 401. The minimum absolute atomic E-state index is 0.189. The number of benzene rings is 1. The summed E-state index contributed by atoms with van der Waals surface area (Å²) < 4.78 is 5.78. The predicted molar refractivity (Wildman–Crippen MR) is 77.8 cm³/mol. The molecule has 2 N–H and O–H groups in total. The lowest BCUT2D eigenvalue weighted by molar-refractivity contribution is 0.0814. The molecule has 0 aliphatic rings. The highest BCUT2D eigenvalue weighted by Crippen LogP contribution is 2.35. The minimum atomic E-state index is -0.666. The Morgan fingerprint density at radius 3 is 2.42 bits per heavy atom. The van der Waals surface area contributed by atoms with Crippen LogP contribution in [0.4, 0.5) is 0 Å². The van der Waals surface area contributed by atoms with Crippen LogP contribution in [0.1, 0.15) is 49.3 Å². The average molecular weight is 266 g/mol. The molecule has 0 amide bonds. The Morgan fingerprint density at radius 2 is 1.89 bits per heavy atom. The van der Waals surface area contributed by atoms with Gasteiger partial charge in [-0.05, 0) is 50.7 Å². The van der Waals surface area contributed by atoms with E-state index >= 15 is 0 Å². The van der Waals surface area contributed by atoms with Crippen LogP contribution < -0.4 is 4.74 Å². The molecule has 19 heavy (non-hydrogen) atoms. The zero-order valence-corrected chi connectivity index (χ0v) is 12.4. The zero-order valence-electron chi connectivity index (χ0n) is 12.4. The molecule has 0 saturated heterocycles. The first-order valence-electron chi connectivity index (χ1n) is 7.06. The van der Waals surface area contributed by atoms with Crippen molar-refractivity contribution in [3.63, 3.8) is 0 Å². The Balaban J connectivity index is 3.13. The average Bonchev–Trinajstić information content (AvgIpc) is 2.38. The Hall–Kier alpha value is -1.06. The van der Waals surface area contributed by atoms with Crippen LogP contribution in [0.25, 0.3) is 0 Å². The fourth-order valence-corrected chi connectivity index (χ4v) is 2.55. The van der Waals surface area contributed by atoms with E-state index in [9.17, 15) is 5.11 Å². The summed E-state index contributed by atoms with van der Waals surface area (Å²) in [4.78, 5) is 0. The number of ether oxygens (including phenoxy) is 1. The van der Waals surface area contributed by atoms with E-state index in [-0.39, 0.29) is 12.5 Å². The van der Waals surface area contributed by atoms with Crippen LogP contribution in [0, 0.1) is 13.8 Å². The van der Waals surface area contributed by atoms with E-state index in [1.807, 2.05) is 6.92 Å². The van der Waals surface area contributed by atoms with Gasteiger partial charge in [-0.25, -0.2) is 0 Å². The molecule has 0 spiro atoms. The highest BCUT2D eigenvalue weighted by molar-refractivity contribution is 5.45. The second-order valence-electron chi connectivity index (χ2n) is 5.11. The third-order valence-corrected chi connectivity index (χ3v) is 3.44. The molecular formula is C16H26O3. The van der Waals surface area contributed by atoms with Crippen molar-refractivity contribution in [1.82, 2.24) is 0 Å². The van der Waals surface area contributed by atoms with Gasteiger partial charge in [-0.3, -0.25) is 0 Å². The van der Waals surface area contributed by atoms with Crippen molar-refractivity contribution in [2.24, 2.45) is 0 Å². The van der Waals surface area contributed by atoms with Crippen molar-refractivity contribution in [2.75, 3.05) is 13.2 Å². The van der Waals surface area contributed by atoms with Gasteiger partial charge >= 0.3 is 0 Å². The lowest BCUT2D eigenvalue weighted by Crippen LogP contribution is -2.17. The van der Waals surface area contributed by atoms with Gasteiger partial charge in [0, 0.05) is 0 Å². The van der Waals surface area contributed by atoms with Crippen molar-refractivity contribution >= 4 is 0 Å². The van der Waals surface area contributed by atoms with Crippen LogP contribution in [0.15, 0.2) is 12.1 Å². The van der Waals surface area contributed by atoms with Gasteiger partial charge in [0.15, 0.2) is 0 Å². The molecule has 3 heteroatoms. The summed E-state index contributed by atoms with van der Waals surface area (Å²) >= 11 is 0. The number of aliphatic hydroxyl groups excluding tert-OH is 2. The summed E-state index contributed by atoms with van der Waals surface area (Å²) in [5.41, 5.74) is 3.48. The maximum absolute atomic E-state index is 9.69.